The molecule has 0 bridgehead atoms. The third-order valence-corrected chi connectivity index (χ3v) is 4.94. The summed E-state index contributed by atoms with van der Waals surface area (Å²) in [6, 6.07) is 8.34. The number of amides is 1. The van der Waals surface area contributed by atoms with Crippen molar-refractivity contribution in [3.63, 3.8) is 0 Å². The van der Waals surface area contributed by atoms with E-state index in [1.807, 2.05) is 19.9 Å². The Morgan fingerprint density at radius 1 is 1.16 bits per heavy atom. The molecule has 0 fully saturated rings. The molecule has 2 aromatic rings. The second kappa shape index (κ2) is 9.30. The summed E-state index contributed by atoms with van der Waals surface area (Å²) in [4.78, 5) is 34.7. The van der Waals surface area contributed by atoms with Crippen molar-refractivity contribution >= 4 is 17.4 Å². The highest BCUT2D eigenvalue weighted by Crippen LogP contribution is 2.34. The van der Waals surface area contributed by atoms with E-state index in [9.17, 15) is 18.4 Å². The number of carbonyl (C=O) groups excluding carboxylic acids is 2. The molecule has 0 aliphatic carbocycles. The molecule has 1 aliphatic heterocycles. The van der Waals surface area contributed by atoms with E-state index in [0.717, 1.165) is 17.7 Å². The van der Waals surface area contributed by atoms with Gasteiger partial charge in [-0.3, -0.25) is 4.79 Å². The van der Waals surface area contributed by atoms with Crippen LogP contribution < -0.4 is 0 Å². The van der Waals surface area contributed by atoms with Gasteiger partial charge in [-0.2, -0.15) is 0 Å². The summed E-state index contributed by atoms with van der Waals surface area (Å²) in [6.07, 6.45) is 4.04. The molecular formula is C24H25F2N3O3. The van der Waals surface area contributed by atoms with E-state index in [-0.39, 0.29) is 23.8 Å². The fourth-order valence-corrected chi connectivity index (χ4v) is 3.48. The van der Waals surface area contributed by atoms with E-state index >= 15 is 0 Å². The Bertz CT molecular complexity index is 1120. The van der Waals surface area contributed by atoms with Crippen molar-refractivity contribution < 1.29 is 23.1 Å². The lowest BCUT2D eigenvalue weighted by Gasteiger charge is -2.29. The zero-order chi connectivity index (χ0) is 23.5. The molecule has 2 heterocycles. The molecule has 0 saturated carbocycles. The molecule has 6 nitrogen and oxygen atoms in total. The molecule has 32 heavy (non-hydrogen) atoms. The largest absolute Gasteiger partial charge is 0.459 e. The third-order valence-electron chi connectivity index (χ3n) is 4.94. The van der Waals surface area contributed by atoms with Crippen LogP contribution in [0.25, 0.3) is 5.57 Å². The van der Waals surface area contributed by atoms with Crippen molar-refractivity contribution in [1.82, 2.24) is 14.9 Å². The number of ether oxygens (including phenoxy) is 1. The number of aromatic amines is 1. The van der Waals surface area contributed by atoms with Crippen molar-refractivity contribution in [1.29, 1.82) is 0 Å². The van der Waals surface area contributed by atoms with Crippen LogP contribution in [0.2, 0.25) is 0 Å². The number of halogens is 2. The van der Waals surface area contributed by atoms with Crippen molar-refractivity contribution in [2.45, 2.75) is 39.2 Å². The average molecular weight is 441 g/mol. The summed E-state index contributed by atoms with van der Waals surface area (Å²) in [5.41, 5.74) is 0.656. The Balaban J connectivity index is 2.21. The van der Waals surface area contributed by atoms with Crippen LogP contribution in [0, 0.1) is 11.6 Å². The summed E-state index contributed by atoms with van der Waals surface area (Å²) in [5.74, 6) is -3.37. The topological polar surface area (TPSA) is 75.3 Å². The number of carbonyl (C=O) groups is 2. The SMILES string of the molecule is CC(C)OC(=O)C1=CN(C(=O)c2ccc(F)c(F)c2)CC(C)(C)c2ccccnc[nH]c21. The number of hydrogen-bond acceptors (Lipinski definition) is 4. The second-order valence-electron chi connectivity index (χ2n) is 8.35. The molecule has 0 saturated heterocycles. The highest BCUT2D eigenvalue weighted by Gasteiger charge is 2.35. The number of nitrogens with zero attached hydrogens (tertiary/aromatic N) is 2. The highest BCUT2D eigenvalue weighted by molar-refractivity contribution is 6.17. The predicted molar refractivity (Wildman–Crippen MR) is 116 cm³/mol. The molecule has 0 unspecified atom stereocenters. The lowest BCUT2D eigenvalue weighted by molar-refractivity contribution is -0.140. The van der Waals surface area contributed by atoms with Crippen LogP contribution in [0.15, 0.2) is 55.1 Å². The number of fused-ring (bicyclic) bond motifs is 1. The van der Waals surface area contributed by atoms with Gasteiger partial charge in [-0.1, -0.05) is 26.0 Å². The second-order valence-corrected chi connectivity index (χ2v) is 8.35. The molecule has 3 rings (SSSR count). The maximum atomic E-state index is 13.8. The van der Waals surface area contributed by atoms with Crippen LogP contribution in [-0.2, 0) is 14.9 Å². The number of hydrogen-bond donors (Lipinski definition) is 1. The summed E-state index contributed by atoms with van der Waals surface area (Å²) < 4.78 is 32.6. The minimum atomic E-state index is -1.12. The van der Waals surface area contributed by atoms with Gasteiger partial charge in [0, 0.05) is 29.9 Å². The zero-order valence-electron chi connectivity index (χ0n) is 18.4. The van der Waals surface area contributed by atoms with Gasteiger partial charge < -0.3 is 14.6 Å². The molecule has 168 valence electrons. The van der Waals surface area contributed by atoms with Crippen LogP contribution in [-0.4, -0.2) is 39.4 Å². The van der Waals surface area contributed by atoms with Crippen molar-refractivity contribution in [3.05, 3.63) is 83.6 Å². The standard InChI is InChI=1S/C24H25F2N3O3/c1-15(2)32-23(31)17-12-29(22(30)16-8-9-19(25)20(26)11-16)13-24(3,4)18-7-5-6-10-27-14-28-21(17)18/h5-12,14-15H,13H2,1-4H3,(H,27,28). The van der Waals surface area contributed by atoms with Gasteiger partial charge in [-0.05, 0) is 43.7 Å². The monoisotopic (exact) mass is 441 g/mol. The van der Waals surface area contributed by atoms with Crippen molar-refractivity contribution in [3.8, 4) is 0 Å². The van der Waals surface area contributed by atoms with Gasteiger partial charge in [0.25, 0.3) is 5.91 Å². The first-order chi connectivity index (χ1) is 15.1. The molecule has 1 aromatic heterocycles. The van der Waals surface area contributed by atoms with Gasteiger partial charge in [0.15, 0.2) is 11.6 Å². The van der Waals surface area contributed by atoms with Gasteiger partial charge in [0.1, 0.15) is 0 Å². The van der Waals surface area contributed by atoms with Gasteiger partial charge in [0.2, 0.25) is 0 Å². The Hall–Kier alpha value is -3.55. The lowest BCUT2D eigenvalue weighted by atomic mass is 9.83. The summed E-state index contributed by atoms with van der Waals surface area (Å²) >= 11 is 0. The first kappa shape index (κ1) is 23.1. The van der Waals surface area contributed by atoms with Crippen LogP contribution in [0.5, 0.6) is 0 Å². The molecule has 1 amide bonds. The number of esters is 1. The highest BCUT2D eigenvalue weighted by atomic mass is 19.2. The van der Waals surface area contributed by atoms with Gasteiger partial charge in [-0.15, -0.1) is 0 Å². The zero-order valence-corrected chi connectivity index (χ0v) is 18.4. The van der Waals surface area contributed by atoms with Crippen molar-refractivity contribution in [2.75, 3.05) is 6.54 Å². The lowest BCUT2D eigenvalue weighted by Crippen LogP contribution is -2.37. The normalized spacial score (nSPS) is 14.7. The summed E-state index contributed by atoms with van der Waals surface area (Å²) in [7, 11) is 0. The molecule has 0 atom stereocenters. The molecule has 1 aromatic carbocycles. The number of aromatic nitrogens is 2. The first-order valence-corrected chi connectivity index (χ1v) is 10.2. The maximum absolute atomic E-state index is 13.8. The van der Waals surface area contributed by atoms with E-state index in [4.69, 9.17) is 4.74 Å². The maximum Gasteiger partial charge on any atom is 0.342 e. The summed E-state index contributed by atoms with van der Waals surface area (Å²) in [6.45, 7) is 7.46. The average Bonchev–Trinajstić information content (AvgIpc) is 2.78. The van der Waals surface area contributed by atoms with Crippen LogP contribution >= 0.6 is 0 Å². The van der Waals surface area contributed by atoms with Gasteiger partial charge in [0.05, 0.1) is 23.7 Å². The number of H-pyrrole nitrogens is 1. The van der Waals surface area contributed by atoms with Crippen LogP contribution in [0.3, 0.4) is 0 Å². The quantitative estimate of drug-likeness (QED) is 0.710. The first-order valence-electron chi connectivity index (χ1n) is 10.2. The Morgan fingerprint density at radius 3 is 2.59 bits per heavy atom. The van der Waals surface area contributed by atoms with E-state index in [1.165, 1.54) is 23.5 Å². The van der Waals surface area contributed by atoms with Crippen LogP contribution in [0.4, 0.5) is 8.78 Å². The number of benzene rings is 1. The molecular weight excluding hydrogens is 416 g/mol. The Labute approximate surface area is 185 Å². The molecule has 1 N–H and O–H groups in total. The fraction of sp³-hybridized carbons (Fsp3) is 0.292. The Morgan fingerprint density at radius 2 is 1.91 bits per heavy atom. The predicted octanol–water partition coefficient (Wildman–Crippen LogP) is 4.54. The Kier molecular flexibility index (Phi) is 6.72. The van der Waals surface area contributed by atoms with Gasteiger partial charge >= 0.3 is 5.97 Å². The van der Waals surface area contributed by atoms with Gasteiger partial charge in [-0.25, -0.2) is 18.6 Å². The van der Waals surface area contributed by atoms with E-state index in [0.29, 0.717) is 5.69 Å². The molecule has 1 aliphatic rings. The number of rotatable bonds is 3. The smallest absolute Gasteiger partial charge is 0.342 e. The fourth-order valence-electron chi connectivity index (χ4n) is 3.48. The van der Waals surface area contributed by atoms with E-state index in [1.54, 1.807) is 32.2 Å². The molecule has 8 heteroatoms. The van der Waals surface area contributed by atoms with Crippen LogP contribution in [0.1, 0.15) is 49.3 Å². The minimum Gasteiger partial charge on any atom is -0.459 e. The molecule has 0 spiro atoms. The van der Waals surface area contributed by atoms with E-state index in [2.05, 4.69) is 9.97 Å². The third kappa shape index (κ3) is 5.01. The van der Waals surface area contributed by atoms with E-state index < -0.39 is 28.9 Å². The summed E-state index contributed by atoms with van der Waals surface area (Å²) in [5, 5.41) is 0. The molecule has 0 radical (unpaired) electrons. The minimum absolute atomic E-state index is 0.0355. The van der Waals surface area contributed by atoms with Crippen molar-refractivity contribution in [2.24, 2.45) is 0 Å². The number of nitrogens with one attached hydrogen (secondary N) is 1.